The van der Waals surface area contributed by atoms with Gasteiger partial charge in [0, 0.05) is 39.3 Å². The van der Waals surface area contributed by atoms with Crippen molar-refractivity contribution in [1.82, 2.24) is 14.7 Å². The summed E-state index contributed by atoms with van der Waals surface area (Å²) in [6.45, 7) is 4.22. The van der Waals surface area contributed by atoms with Gasteiger partial charge in [0.15, 0.2) is 0 Å². The van der Waals surface area contributed by atoms with Gasteiger partial charge < -0.3 is 24.5 Å². The molecule has 4 aliphatic heterocycles. The molecule has 1 spiro atoms. The molecule has 1 unspecified atom stereocenters. The molecule has 2 saturated heterocycles. The van der Waals surface area contributed by atoms with Gasteiger partial charge in [0.05, 0.1) is 17.4 Å². The fourth-order valence-corrected chi connectivity index (χ4v) is 7.74. The van der Waals surface area contributed by atoms with Crippen LogP contribution in [-0.2, 0) is 32.2 Å². The third kappa shape index (κ3) is 5.28. The van der Waals surface area contributed by atoms with Crippen molar-refractivity contribution in [2.45, 2.75) is 69.4 Å². The van der Waals surface area contributed by atoms with Crippen molar-refractivity contribution in [1.29, 1.82) is 0 Å². The zero-order chi connectivity index (χ0) is 30.7. The summed E-state index contributed by atoms with van der Waals surface area (Å²) in [5, 5.41) is 9.24. The number of unbranched alkanes of at least 4 members (excludes halogenated alkanes) is 3. The second-order valence-electron chi connectivity index (χ2n) is 12.5. The first-order valence-electron chi connectivity index (χ1n) is 16.1. The molecule has 0 aliphatic carbocycles. The summed E-state index contributed by atoms with van der Waals surface area (Å²) in [6, 6.07) is 18.9. The average molecular weight is 598 g/mol. The lowest BCUT2D eigenvalue weighted by atomic mass is 9.73. The molecule has 4 heterocycles. The Kier molecular flexibility index (Phi) is 8.74. The van der Waals surface area contributed by atoms with Crippen LogP contribution in [0.4, 0.5) is 0 Å². The largest absolute Gasteiger partial charge is 0.396 e. The number of ether oxygens (including phenoxy) is 1. The van der Waals surface area contributed by atoms with Crippen molar-refractivity contribution in [2.75, 3.05) is 26.2 Å². The average Bonchev–Trinajstić information content (AvgIpc) is 3.34. The van der Waals surface area contributed by atoms with E-state index in [1.54, 1.807) is 9.80 Å². The second-order valence-corrected chi connectivity index (χ2v) is 12.5. The van der Waals surface area contributed by atoms with Gasteiger partial charge in [0.25, 0.3) is 0 Å². The lowest BCUT2D eigenvalue weighted by Gasteiger charge is -2.38. The molecule has 2 aromatic rings. The molecule has 0 saturated carbocycles. The van der Waals surface area contributed by atoms with Gasteiger partial charge in [-0.2, -0.15) is 0 Å². The SMILES string of the molecule is CC[C@@]12C=CCN(Cc3ccccc3)C(=O)[C@@H]1[C@H]1C(=O)N(CCCCCCO)C3C(=O)N(Cc4ccccc4)CC=C[C@@]31O2. The van der Waals surface area contributed by atoms with E-state index in [4.69, 9.17) is 4.74 Å². The van der Waals surface area contributed by atoms with E-state index in [2.05, 4.69) is 0 Å². The van der Waals surface area contributed by atoms with Crippen molar-refractivity contribution in [2.24, 2.45) is 11.8 Å². The Morgan fingerprint density at radius 2 is 1.34 bits per heavy atom. The predicted octanol–water partition coefficient (Wildman–Crippen LogP) is 4.10. The normalized spacial score (nSPS) is 29.5. The highest BCUT2D eigenvalue weighted by molar-refractivity contribution is 6.00. The summed E-state index contributed by atoms with van der Waals surface area (Å²) in [7, 11) is 0. The number of fused-ring (bicyclic) bond motifs is 2. The van der Waals surface area contributed by atoms with E-state index >= 15 is 0 Å². The monoisotopic (exact) mass is 597 g/mol. The third-order valence-corrected chi connectivity index (χ3v) is 9.85. The highest BCUT2D eigenvalue weighted by Gasteiger charge is 2.75. The minimum atomic E-state index is -1.25. The molecule has 6 rings (SSSR count). The van der Waals surface area contributed by atoms with Gasteiger partial charge in [-0.1, -0.05) is 105 Å². The van der Waals surface area contributed by atoms with Gasteiger partial charge in [-0.15, -0.1) is 0 Å². The minimum Gasteiger partial charge on any atom is -0.396 e. The zero-order valence-electron chi connectivity index (χ0n) is 25.5. The number of nitrogens with zero attached hydrogens (tertiary/aromatic N) is 3. The molecule has 8 heteroatoms. The van der Waals surface area contributed by atoms with Crippen LogP contribution in [0, 0.1) is 11.8 Å². The first-order chi connectivity index (χ1) is 21.4. The Morgan fingerprint density at radius 1 is 0.750 bits per heavy atom. The molecule has 44 heavy (non-hydrogen) atoms. The van der Waals surface area contributed by atoms with E-state index in [1.165, 1.54) is 0 Å². The first kappa shape index (κ1) is 30.3. The van der Waals surface area contributed by atoms with E-state index < -0.39 is 29.1 Å². The molecular weight excluding hydrogens is 554 g/mol. The molecule has 2 fully saturated rings. The maximum absolute atomic E-state index is 14.6. The number of likely N-dealkylation sites (tertiary alicyclic amines) is 1. The van der Waals surface area contributed by atoms with Gasteiger partial charge in [-0.05, 0) is 30.4 Å². The number of hydrogen-bond donors (Lipinski definition) is 1. The zero-order valence-corrected chi connectivity index (χ0v) is 25.5. The Morgan fingerprint density at radius 3 is 1.95 bits per heavy atom. The molecule has 1 N–H and O–H groups in total. The molecular formula is C36H43N3O5. The first-order valence-corrected chi connectivity index (χ1v) is 16.1. The quantitative estimate of drug-likeness (QED) is 0.311. The Balaban J connectivity index is 1.38. The Bertz CT molecular complexity index is 1410. The van der Waals surface area contributed by atoms with Gasteiger partial charge in [-0.3, -0.25) is 14.4 Å². The number of rotatable bonds is 11. The topological polar surface area (TPSA) is 90.4 Å². The number of benzene rings is 2. The van der Waals surface area contributed by atoms with Crippen LogP contribution in [0.2, 0.25) is 0 Å². The van der Waals surface area contributed by atoms with Crippen LogP contribution in [0.5, 0.6) is 0 Å². The van der Waals surface area contributed by atoms with Gasteiger partial charge in [0.2, 0.25) is 17.7 Å². The van der Waals surface area contributed by atoms with E-state index in [0.29, 0.717) is 52.0 Å². The van der Waals surface area contributed by atoms with Crippen LogP contribution >= 0.6 is 0 Å². The minimum absolute atomic E-state index is 0.106. The van der Waals surface area contributed by atoms with Crippen molar-refractivity contribution in [3.8, 4) is 0 Å². The molecule has 8 nitrogen and oxygen atoms in total. The summed E-state index contributed by atoms with van der Waals surface area (Å²) in [5.74, 6) is -1.99. The van der Waals surface area contributed by atoms with Crippen LogP contribution in [0.1, 0.15) is 50.2 Å². The lowest BCUT2D eigenvalue weighted by Crippen LogP contribution is -2.56. The van der Waals surface area contributed by atoms with Crippen LogP contribution < -0.4 is 0 Å². The van der Waals surface area contributed by atoms with Crippen LogP contribution in [-0.4, -0.2) is 81.0 Å². The van der Waals surface area contributed by atoms with Crippen molar-refractivity contribution >= 4 is 17.7 Å². The van der Waals surface area contributed by atoms with E-state index in [-0.39, 0.29) is 24.3 Å². The summed E-state index contributed by atoms with van der Waals surface area (Å²) in [5.41, 5.74) is -0.207. The number of aliphatic hydroxyl groups is 1. The maximum Gasteiger partial charge on any atom is 0.249 e. The summed E-state index contributed by atoms with van der Waals surface area (Å²) >= 11 is 0. The van der Waals surface area contributed by atoms with E-state index in [9.17, 15) is 19.5 Å². The number of carbonyl (C=O) groups is 3. The molecule has 2 aromatic carbocycles. The van der Waals surface area contributed by atoms with Crippen LogP contribution in [0.25, 0.3) is 0 Å². The smallest absolute Gasteiger partial charge is 0.249 e. The highest BCUT2D eigenvalue weighted by Crippen LogP contribution is 2.58. The summed E-state index contributed by atoms with van der Waals surface area (Å²) < 4.78 is 7.10. The predicted molar refractivity (Wildman–Crippen MR) is 167 cm³/mol. The number of carbonyl (C=O) groups excluding carboxylic acids is 3. The van der Waals surface area contributed by atoms with E-state index in [1.807, 2.05) is 96.8 Å². The standard InChI is InChI=1S/C36H43N3O5/c1-2-35-19-13-21-37(25-27-15-7-5-8-16-27)32(41)29(35)30-33(42)39(23-11-3-4-12-24-40)31-34(43)38(22-14-20-36(30,31)44-35)26-28-17-9-6-10-18-28/h5-10,13-20,29-31,40H,2-4,11-12,21-26H2,1H3/t29-,30-,31?,35+,36-/m0/s1. The number of hydrogen-bond acceptors (Lipinski definition) is 5. The molecule has 232 valence electrons. The maximum atomic E-state index is 14.6. The second kappa shape index (κ2) is 12.7. The fourth-order valence-electron chi connectivity index (χ4n) is 7.74. The van der Waals surface area contributed by atoms with Crippen molar-refractivity contribution in [3.63, 3.8) is 0 Å². The molecule has 0 radical (unpaired) electrons. The van der Waals surface area contributed by atoms with Gasteiger partial charge in [-0.25, -0.2) is 0 Å². The lowest BCUT2D eigenvalue weighted by molar-refractivity contribution is -0.154. The van der Waals surface area contributed by atoms with Crippen molar-refractivity contribution < 1.29 is 24.2 Å². The summed E-state index contributed by atoms with van der Waals surface area (Å²) in [6.07, 6.45) is 11.5. The molecule has 0 bridgehead atoms. The highest BCUT2D eigenvalue weighted by atomic mass is 16.5. The van der Waals surface area contributed by atoms with Crippen LogP contribution in [0.3, 0.4) is 0 Å². The third-order valence-electron chi connectivity index (χ3n) is 9.85. The van der Waals surface area contributed by atoms with E-state index in [0.717, 1.165) is 24.0 Å². The molecule has 3 amide bonds. The number of amides is 3. The molecule has 0 aromatic heterocycles. The Labute approximate surface area is 260 Å². The summed E-state index contributed by atoms with van der Waals surface area (Å²) in [4.78, 5) is 49.1. The van der Waals surface area contributed by atoms with Crippen LogP contribution in [0.15, 0.2) is 85.0 Å². The number of aliphatic hydroxyl groups excluding tert-OH is 1. The molecule has 5 atom stereocenters. The van der Waals surface area contributed by atoms with Crippen molar-refractivity contribution in [3.05, 3.63) is 96.1 Å². The fraction of sp³-hybridized carbons (Fsp3) is 0.472. The van der Waals surface area contributed by atoms with Gasteiger partial charge >= 0.3 is 0 Å². The molecule has 4 aliphatic rings. The van der Waals surface area contributed by atoms with Gasteiger partial charge in [0.1, 0.15) is 11.6 Å². The Hall–Kier alpha value is -3.75.